The quantitative estimate of drug-likeness (QED) is 0.505. The van der Waals surface area contributed by atoms with Gasteiger partial charge in [0.25, 0.3) is 0 Å². The van der Waals surface area contributed by atoms with Gasteiger partial charge < -0.3 is 15.4 Å². The fraction of sp³-hybridized carbons (Fsp3) is 0.833. The molecule has 2 N–H and O–H groups in total. The molecule has 4 nitrogen and oxygen atoms in total. The molecule has 0 aromatic heterocycles. The Balaban J connectivity index is 4.14. The zero-order chi connectivity index (χ0) is 13.3. The molecule has 0 aromatic rings. The van der Waals surface area contributed by atoms with Crippen LogP contribution in [-0.2, 0) is 9.53 Å². The number of hydrogen-bond donors (Lipinski definition) is 1. The number of nitrogens with two attached hydrogens (primary N) is 1. The average molecular weight is 260 g/mol. The van der Waals surface area contributed by atoms with E-state index in [2.05, 4.69) is 13.8 Å². The first-order valence-corrected chi connectivity index (χ1v) is 6.52. The van der Waals surface area contributed by atoms with Crippen molar-refractivity contribution < 1.29 is 9.53 Å². The molecule has 0 spiro atoms. The van der Waals surface area contributed by atoms with Crippen LogP contribution in [-0.4, -0.2) is 42.1 Å². The van der Waals surface area contributed by atoms with E-state index < -0.39 is 0 Å². The maximum atomic E-state index is 11.9. The van der Waals surface area contributed by atoms with Crippen molar-refractivity contribution in [2.24, 2.45) is 11.7 Å². The Kier molecular flexibility index (Phi) is 8.99. The van der Waals surface area contributed by atoms with Gasteiger partial charge in [0, 0.05) is 26.1 Å². The SMILES string of the molecule is CCCOCC(=O)N(CCC(N)=S)CC(C)C. The van der Waals surface area contributed by atoms with Gasteiger partial charge in [-0.1, -0.05) is 33.0 Å². The summed E-state index contributed by atoms with van der Waals surface area (Å²) >= 11 is 4.83. The molecule has 0 rings (SSSR count). The first kappa shape index (κ1) is 16.3. The molecule has 0 radical (unpaired) electrons. The Morgan fingerprint density at radius 2 is 2.12 bits per heavy atom. The van der Waals surface area contributed by atoms with Gasteiger partial charge in [-0.25, -0.2) is 0 Å². The van der Waals surface area contributed by atoms with Crippen LogP contribution in [0.2, 0.25) is 0 Å². The summed E-state index contributed by atoms with van der Waals surface area (Å²) in [6.45, 7) is 8.25. The van der Waals surface area contributed by atoms with Crippen LogP contribution in [0.3, 0.4) is 0 Å². The van der Waals surface area contributed by atoms with Crippen molar-refractivity contribution >= 4 is 23.1 Å². The third kappa shape index (κ3) is 9.06. The lowest BCUT2D eigenvalue weighted by molar-refractivity contribution is -0.136. The lowest BCUT2D eigenvalue weighted by atomic mass is 10.2. The summed E-state index contributed by atoms with van der Waals surface area (Å²) < 4.78 is 5.26. The fourth-order valence-electron chi connectivity index (χ4n) is 1.40. The molecule has 100 valence electrons. The summed E-state index contributed by atoms with van der Waals surface area (Å²) in [5.41, 5.74) is 5.46. The van der Waals surface area contributed by atoms with Gasteiger partial charge in [0.05, 0.1) is 4.99 Å². The van der Waals surface area contributed by atoms with Crippen molar-refractivity contribution in [1.29, 1.82) is 0 Å². The van der Waals surface area contributed by atoms with Gasteiger partial charge >= 0.3 is 0 Å². The van der Waals surface area contributed by atoms with E-state index in [0.29, 0.717) is 30.5 Å². The molecule has 0 aliphatic heterocycles. The van der Waals surface area contributed by atoms with Gasteiger partial charge in [-0.05, 0) is 12.3 Å². The summed E-state index contributed by atoms with van der Waals surface area (Å²) in [6, 6.07) is 0. The second-order valence-corrected chi connectivity index (χ2v) is 5.03. The summed E-state index contributed by atoms with van der Waals surface area (Å²) in [5.74, 6) is 0.444. The van der Waals surface area contributed by atoms with E-state index in [-0.39, 0.29) is 12.5 Å². The second-order valence-electron chi connectivity index (χ2n) is 4.50. The van der Waals surface area contributed by atoms with Gasteiger partial charge in [0.15, 0.2) is 0 Å². The monoisotopic (exact) mass is 260 g/mol. The summed E-state index contributed by atoms with van der Waals surface area (Å²) in [7, 11) is 0. The van der Waals surface area contributed by atoms with E-state index in [1.165, 1.54) is 0 Å². The van der Waals surface area contributed by atoms with Crippen molar-refractivity contribution in [3.63, 3.8) is 0 Å². The highest BCUT2D eigenvalue weighted by Gasteiger charge is 2.14. The first-order valence-electron chi connectivity index (χ1n) is 6.11. The van der Waals surface area contributed by atoms with Gasteiger partial charge in [-0.2, -0.15) is 0 Å². The summed E-state index contributed by atoms with van der Waals surface area (Å²) in [4.78, 5) is 14.1. The van der Waals surface area contributed by atoms with Crippen LogP contribution in [0, 0.1) is 5.92 Å². The molecular weight excluding hydrogens is 236 g/mol. The number of thiocarbonyl (C=S) groups is 1. The van der Waals surface area contributed by atoms with Crippen LogP contribution < -0.4 is 5.73 Å². The summed E-state index contributed by atoms with van der Waals surface area (Å²) in [6.07, 6.45) is 1.49. The lowest BCUT2D eigenvalue weighted by Gasteiger charge is -2.24. The van der Waals surface area contributed by atoms with Crippen molar-refractivity contribution in [2.45, 2.75) is 33.6 Å². The van der Waals surface area contributed by atoms with Gasteiger partial charge in [-0.15, -0.1) is 0 Å². The third-order valence-electron chi connectivity index (χ3n) is 2.14. The maximum Gasteiger partial charge on any atom is 0.248 e. The smallest absolute Gasteiger partial charge is 0.248 e. The van der Waals surface area contributed by atoms with Crippen LogP contribution in [0.1, 0.15) is 33.6 Å². The molecule has 0 atom stereocenters. The topological polar surface area (TPSA) is 55.6 Å². The number of hydrogen-bond acceptors (Lipinski definition) is 3. The molecule has 0 aliphatic rings. The molecule has 0 saturated heterocycles. The third-order valence-corrected chi connectivity index (χ3v) is 2.34. The Morgan fingerprint density at radius 1 is 1.47 bits per heavy atom. The van der Waals surface area contributed by atoms with E-state index in [9.17, 15) is 4.79 Å². The van der Waals surface area contributed by atoms with E-state index in [4.69, 9.17) is 22.7 Å². The van der Waals surface area contributed by atoms with Gasteiger partial charge in [-0.3, -0.25) is 4.79 Å². The predicted octanol–water partition coefficient (Wildman–Crippen LogP) is 1.57. The minimum absolute atomic E-state index is 0.0170. The normalized spacial score (nSPS) is 10.6. The molecule has 0 heterocycles. The zero-order valence-electron chi connectivity index (χ0n) is 11.1. The van der Waals surface area contributed by atoms with Crippen LogP contribution in [0.5, 0.6) is 0 Å². The Labute approximate surface area is 109 Å². The Bertz CT molecular complexity index is 245. The maximum absolute atomic E-state index is 11.9. The number of carbonyl (C=O) groups excluding carboxylic acids is 1. The largest absolute Gasteiger partial charge is 0.393 e. The number of nitrogens with zero attached hydrogens (tertiary/aromatic N) is 1. The molecule has 0 unspecified atom stereocenters. The number of amides is 1. The number of ether oxygens (including phenoxy) is 1. The first-order chi connectivity index (χ1) is 7.97. The number of carbonyl (C=O) groups is 1. The van der Waals surface area contributed by atoms with Crippen molar-refractivity contribution in [1.82, 2.24) is 4.90 Å². The van der Waals surface area contributed by atoms with Crippen LogP contribution in [0.15, 0.2) is 0 Å². The molecule has 0 aromatic carbocycles. The van der Waals surface area contributed by atoms with Gasteiger partial charge in [0.2, 0.25) is 5.91 Å². The van der Waals surface area contributed by atoms with Crippen molar-refractivity contribution in [3.05, 3.63) is 0 Å². The highest BCUT2D eigenvalue weighted by molar-refractivity contribution is 7.80. The highest BCUT2D eigenvalue weighted by Crippen LogP contribution is 2.01. The molecule has 0 fully saturated rings. The van der Waals surface area contributed by atoms with Crippen molar-refractivity contribution in [2.75, 3.05) is 26.3 Å². The van der Waals surface area contributed by atoms with Gasteiger partial charge in [0.1, 0.15) is 6.61 Å². The highest BCUT2D eigenvalue weighted by atomic mass is 32.1. The standard InChI is InChI=1S/C12H24N2O2S/c1-4-7-16-9-12(15)14(8-10(2)3)6-5-11(13)17/h10H,4-9H2,1-3H3,(H2,13,17). The Hall–Kier alpha value is -0.680. The molecule has 17 heavy (non-hydrogen) atoms. The minimum Gasteiger partial charge on any atom is -0.393 e. The molecule has 0 saturated carbocycles. The Morgan fingerprint density at radius 3 is 2.59 bits per heavy atom. The average Bonchev–Trinajstić information content (AvgIpc) is 2.23. The molecular formula is C12H24N2O2S. The molecule has 0 aliphatic carbocycles. The van der Waals surface area contributed by atoms with E-state index in [1.54, 1.807) is 4.90 Å². The van der Waals surface area contributed by atoms with E-state index >= 15 is 0 Å². The molecule has 1 amide bonds. The number of rotatable bonds is 9. The second kappa shape index (κ2) is 9.36. The van der Waals surface area contributed by atoms with Crippen LogP contribution >= 0.6 is 12.2 Å². The lowest BCUT2D eigenvalue weighted by Crippen LogP contribution is -2.38. The zero-order valence-corrected chi connectivity index (χ0v) is 11.9. The van der Waals surface area contributed by atoms with Crippen LogP contribution in [0.4, 0.5) is 0 Å². The molecule has 5 heteroatoms. The molecule has 0 bridgehead atoms. The predicted molar refractivity (Wildman–Crippen MR) is 73.9 cm³/mol. The van der Waals surface area contributed by atoms with Crippen molar-refractivity contribution in [3.8, 4) is 0 Å². The van der Waals surface area contributed by atoms with Crippen LogP contribution in [0.25, 0.3) is 0 Å². The van der Waals surface area contributed by atoms with E-state index in [1.807, 2.05) is 6.92 Å². The fourth-order valence-corrected chi connectivity index (χ4v) is 1.49. The van der Waals surface area contributed by atoms with E-state index in [0.717, 1.165) is 13.0 Å². The minimum atomic E-state index is 0.0170. The summed E-state index contributed by atoms with van der Waals surface area (Å²) in [5, 5.41) is 0.